The average Bonchev–Trinajstić information content (AvgIpc) is 2.89. The van der Waals surface area contributed by atoms with Gasteiger partial charge in [0, 0.05) is 12.2 Å². The van der Waals surface area contributed by atoms with Gasteiger partial charge in [0.2, 0.25) is 0 Å². The Morgan fingerprint density at radius 3 is 2.94 bits per heavy atom. The van der Waals surface area contributed by atoms with Gasteiger partial charge in [-0.15, -0.1) is 0 Å². The molecule has 2 aliphatic rings. The lowest BCUT2D eigenvalue weighted by Gasteiger charge is -2.26. The molecule has 1 aromatic heterocycles. The van der Waals surface area contributed by atoms with E-state index < -0.39 is 0 Å². The summed E-state index contributed by atoms with van der Waals surface area (Å²) in [6.45, 7) is 1.20. The first-order chi connectivity index (χ1) is 8.43. The van der Waals surface area contributed by atoms with Crippen LogP contribution >= 0.6 is 0 Å². The molecule has 2 aliphatic carbocycles. The van der Waals surface area contributed by atoms with Crippen LogP contribution in [0.4, 0.5) is 0 Å². The summed E-state index contributed by atoms with van der Waals surface area (Å²) < 4.78 is 0. The molecule has 17 heavy (non-hydrogen) atoms. The first-order valence-corrected chi connectivity index (χ1v) is 7.10. The number of nitrogens with zero attached hydrogens (tertiary/aromatic N) is 1. The van der Waals surface area contributed by atoms with Crippen molar-refractivity contribution in [1.82, 2.24) is 10.3 Å². The number of fused-ring (bicyclic) bond motifs is 1. The van der Waals surface area contributed by atoms with E-state index in [0.29, 0.717) is 6.04 Å². The molecule has 1 atom stereocenters. The number of hydrogen-bond acceptors (Lipinski definition) is 2. The van der Waals surface area contributed by atoms with E-state index in [4.69, 9.17) is 0 Å². The Morgan fingerprint density at radius 2 is 2.06 bits per heavy atom. The number of aromatic nitrogens is 1. The Kier molecular flexibility index (Phi) is 3.41. The quantitative estimate of drug-likeness (QED) is 0.862. The molecule has 92 valence electrons. The van der Waals surface area contributed by atoms with Gasteiger partial charge in [0.05, 0.1) is 5.69 Å². The SMILES string of the molecule is c1cnc2c(c1)CCCC2NCC1CCCC1. The molecule has 0 aliphatic heterocycles. The second-order valence-corrected chi connectivity index (χ2v) is 5.55. The van der Waals surface area contributed by atoms with Gasteiger partial charge < -0.3 is 5.32 Å². The minimum Gasteiger partial charge on any atom is -0.308 e. The van der Waals surface area contributed by atoms with Gasteiger partial charge >= 0.3 is 0 Å². The Morgan fingerprint density at radius 1 is 1.18 bits per heavy atom. The third-order valence-electron chi connectivity index (χ3n) is 4.32. The van der Waals surface area contributed by atoms with Gasteiger partial charge in [-0.3, -0.25) is 4.98 Å². The van der Waals surface area contributed by atoms with Gasteiger partial charge in [-0.05, 0) is 56.2 Å². The average molecular weight is 230 g/mol. The number of hydrogen-bond donors (Lipinski definition) is 1. The lowest BCUT2D eigenvalue weighted by atomic mass is 9.91. The van der Waals surface area contributed by atoms with Gasteiger partial charge in [0.25, 0.3) is 0 Å². The Bertz CT molecular complexity index is 369. The van der Waals surface area contributed by atoms with Crippen LogP contribution in [0.5, 0.6) is 0 Å². The van der Waals surface area contributed by atoms with E-state index in [9.17, 15) is 0 Å². The van der Waals surface area contributed by atoms with Crippen LogP contribution in [-0.4, -0.2) is 11.5 Å². The van der Waals surface area contributed by atoms with Gasteiger partial charge in [0.15, 0.2) is 0 Å². The van der Waals surface area contributed by atoms with E-state index in [0.717, 1.165) is 5.92 Å². The minimum absolute atomic E-state index is 0.514. The molecule has 0 bridgehead atoms. The normalized spacial score (nSPS) is 24.8. The summed E-state index contributed by atoms with van der Waals surface area (Å²) in [5.74, 6) is 0.920. The summed E-state index contributed by atoms with van der Waals surface area (Å²) >= 11 is 0. The lowest BCUT2D eigenvalue weighted by Crippen LogP contribution is -2.29. The van der Waals surface area contributed by atoms with Crippen molar-refractivity contribution >= 4 is 0 Å². The van der Waals surface area contributed by atoms with Gasteiger partial charge in [0.1, 0.15) is 0 Å². The van der Waals surface area contributed by atoms with Crippen molar-refractivity contribution < 1.29 is 0 Å². The second kappa shape index (κ2) is 5.18. The molecule has 0 radical (unpaired) electrons. The van der Waals surface area contributed by atoms with E-state index in [-0.39, 0.29) is 0 Å². The van der Waals surface area contributed by atoms with Crippen molar-refractivity contribution in [1.29, 1.82) is 0 Å². The highest BCUT2D eigenvalue weighted by molar-refractivity contribution is 5.25. The summed E-state index contributed by atoms with van der Waals surface area (Å²) in [6.07, 6.45) is 11.4. The first kappa shape index (κ1) is 11.2. The molecule has 3 rings (SSSR count). The molecule has 0 aromatic carbocycles. The smallest absolute Gasteiger partial charge is 0.0605 e. The predicted molar refractivity (Wildman–Crippen MR) is 69.9 cm³/mol. The monoisotopic (exact) mass is 230 g/mol. The summed E-state index contributed by atoms with van der Waals surface area (Å²) in [6, 6.07) is 4.82. The Hall–Kier alpha value is -0.890. The minimum atomic E-state index is 0.514. The van der Waals surface area contributed by atoms with Crippen LogP contribution in [0.25, 0.3) is 0 Å². The molecule has 2 heteroatoms. The third-order valence-corrected chi connectivity index (χ3v) is 4.32. The molecule has 1 N–H and O–H groups in total. The highest BCUT2D eigenvalue weighted by Crippen LogP contribution is 2.29. The van der Waals surface area contributed by atoms with Gasteiger partial charge in [-0.1, -0.05) is 18.9 Å². The molecule has 1 fully saturated rings. The summed E-state index contributed by atoms with van der Waals surface area (Å²) in [7, 11) is 0. The largest absolute Gasteiger partial charge is 0.308 e. The van der Waals surface area contributed by atoms with Crippen LogP contribution < -0.4 is 5.32 Å². The maximum Gasteiger partial charge on any atom is 0.0605 e. The number of rotatable bonds is 3. The van der Waals surface area contributed by atoms with E-state index in [1.165, 1.54) is 62.7 Å². The summed E-state index contributed by atoms with van der Waals surface area (Å²) in [4.78, 5) is 4.58. The van der Waals surface area contributed by atoms with Crippen molar-refractivity contribution in [3.05, 3.63) is 29.6 Å². The zero-order valence-electron chi connectivity index (χ0n) is 10.5. The summed E-state index contributed by atoms with van der Waals surface area (Å²) in [5, 5.41) is 3.76. The maximum atomic E-state index is 4.58. The molecule has 0 amide bonds. The van der Waals surface area contributed by atoms with Crippen molar-refractivity contribution in [2.24, 2.45) is 5.92 Å². The van der Waals surface area contributed by atoms with E-state index in [2.05, 4.69) is 22.4 Å². The van der Waals surface area contributed by atoms with Crippen molar-refractivity contribution in [2.75, 3.05) is 6.54 Å². The van der Waals surface area contributed by atoms with Crippen molar-refractivity contribution in [2.45, 2.75) is 51.0 Å². The molecule has 1 aromatic rings. The fourth-order valence-corrected chi connectivity index (χ4v) is 3.33. The fourth-order valence-electron chi connectivity index (χ4n) is 3.33. The molecule has 0 saturated heterocycles. The third kappa shape index (κ3) is 2.52. The van der Waals surface area contributed by atoms with Crippen LogP contribution in [0.2, 0.25) is 0 Å². The molecule has 1 unspecified atom stereocenters. The standard InChI is InChI=1S/C15H22N2/c1-2-6-12(5-1)11-17-14-9-3-7-13-8-4-10-16-15(13)14/h4,8,10,12,14,17H,1-3,5-7,9,11H2. The van der Waals surface area contributed by atoms with Gasteiger partial charge in [-0.2, -0.15) is 0 Å². The topological polar surface area (TPSA) is 24.9 Å². The van der Waals surface area contributed by atoms with E-state index in [1.54, 1.807) is 0 Å². The highest BCUT2D eigenvalue weighted by Gasteiger charge is 2.22. The van der Waals surface area contributed by atoms with Crippen molar-refractivity contribution in [3.63, 3.8) is 0 Å². The van der Waals surface area contributed by atoms with Crippen LogP contribution in [0, 0.1) is 5.92 Å². The number of aryl methyl sites for hydroxylation is 1. The van der Waals surface area contributed by atoms with Crippen molar-refractivity contribution in [3.8, 4) is 0 Å². The number of pyridine rings is 1. The fraction of sp³-hybridized carbons (Fsp3) is 0.667. The molecule has 1 saturated carbocycles. The molecule has 2 nitrogen and oxygen atoms in total. The molecule has 0 spiro atoms. The molecule has 1 heterocycles. The Labute approximate surface area is 104 Å². The molecular formula is C15H22N2. The van der Waals surface area contributed by atoms with Crippen LogP contribution in [-0.2, 0) is 6.42 Å². The summed E-state index contributed by atoms with van der Waals surface area (Å²) in [5.41, 5.74) is 2.78. The van der Waals surface area contributed by atoms with E-state index >= 15 is 0 Å². The van der Waals surface area contributed by atoms with Crippen LogP contribution in [0.3, 0.4) is 0 Å². The number of nitrogens with one attached hydrogen (secondary N) is 1. The first-order valence-electron chi connectivity index (χ1n) is 7.10. The zero-order valence-corrected chi connectivity index (χ0v) is 10.5. The van der Waals surface area contributed by atoms with E-state index in [1.807, 2.05) is 6.20 Å². The van der Waals surface area contributed by atoms with Crippen LogP contribution in [0.15, 0.2) is 18.3 Å². The lowest BCUT2D eigenvalue weighted by molar-refractivity contribution is 0.397. The Balaban J connectivity index is 1.64. The van der Waals surface area contributed by atoms with Gasteiger partial charge in [-0.25, -0.2) is 0 Å². The molecular weight excluding hydrogens is 208 g/mol. The second-order valence-electron chi connectivity index (χ2n) is 5.55. The van der Waals surface area contributed by atoms with Crippen LogP contribution in [0.1, 0.15) is 55.8 Å². The highest BCUT2D eigenvalue weighted by atomic mass is 14.9. The maximum absolute atomic E-state index is 4.58. The predicted octanol–water partition coefficient (Wildman–Crippen LogP) is 3.24. The zero-order chi connectivity index (χ0) is 11.5.